The molecule has 2 rings (SSSR count). The standard InChI is InChI=1S/C13H19N3O2/c1-4-11-10(7-9(2)14-15-11)12(17)16-6-5-13(3,18)8-16/h7,18H,4-6,8H2,1-3H3. The van der Waals surface area contributed by atoms with E-state index in [0.717, 1.165) is 11.4 Å². The smallest absolute Gasteiger partial charge is 0.255 e. The van der Waals surface area contributed by atoms with E-state index >= 15 is 0 Å². The SMILES string of the molecule is CCc1nnc(C)cc1C(=O)N1CCC(C)(O)C1. The Morgan fingerprint density at radius 3 is 2.83 bits per heavy atom. The van der Waals surface area contributed by atoms with Crippen molar-refractivity contribution >= 4 is 5.91 Å². The second-order valence-corrected chi connectivity index (χ2v) is 5.17. The summed E-state index contributed by atoms with van der Waals surface area (Å²) in [7, 11) is 0. The van der Waals surface area contributed by atoms with Gasteiger partial charge in [-0.2, -0.15) is 10.2 Å². The Labute approximate surface area is 107 Å². The van der Waals surface area contributed by atoms with Gasteiger partial charge in [0.15, 0.2) is 0 Å². The molecule has 0 radical (unpaired) electrons. The van der Waals surface area contributed by atoms with Crippen LogP contribution in [0.5, 0.6) is 0 Å². The van der Waals surface area contributed by atoms with Crippen molar-refractivity contribution in [3.8, 4) is 0 Å². The Morgan fingerprint density at radius 2 is 2.28 bits per heavy atom. The Kier molecular flexibility index (Phi) is 3.34. The molecule has 1 aromatic heterocycles. The number of carbonyl (C=O) groups is 1. The largest absolute Gasteiger partial charge is 0.388 e. The van der Waals surface area contributed by atoms with E-state index in [4.69, 9.17) is 0 Å². The van der Waals surface area contributed by atoms with Gasteiger partial charge in [-0.25, -0.2) is 0 Å². The number of amides is 1. The lowest BCUT2D eigenvalue weighted by molar-refractivity contribution is 0.0571. The molecule has 2 heterocycles. The number of aliphatic hydroxyl groups is 1. The van der Waals surface area contributed by atoms with Crippen LogP contribution in [0.2, 0.25) is 0 Å². The van der Waals surface area contributed by atoms with Crippen LogP contribution in [0.25, 0.3) is 0 Å². The van der Waals surface area contributed by atoms with Crippen molar-refractivity contribution in [2.45, 2.75) is 39.2 Å². The molecule has 1 amide bonds. The van der Waals surface area contributed by atoms with Crippen LogP contribution in [0.15, 0.2) is 6.07 Å². The summed E-state index contributed by atoms with van der Waals surface area (Å²) >= 11 is 0. The summed E-state index contributed by atoms with van der Waals surface area (Å²) in [6.07, 6.45) is 1.30. The molecular weight excluding hydrogens is 230 g/mol. The molecule has 1 N–H and O–H groups in total. The molecule has 0 saturated carbocycles. The second-order valence-electron chi connectivity index (χ2n) is 5.17. The number of aryl methyl sites for hydroxylation is 2. The number of likely N-dealkylation sites (tertiary alicyclic amines) is 1. The Morgan fingerprint density at radius 1 is 1.56 bits per heavy atom. The number of nitrogens with zero attached hydrogens (tertiary/aromatic N) is 3. The normalized spacial score (nSPS) is 23.4. The molecule has 0 aromatic carbocycles. The molecule has 1 aromatic rings. The molecule has 1 unspecified atom stereocenters. The monoisotopic (exact) mass is 249 g/mol. The van der Waals surface area contributed by atoms with Crippen LogP contribution in [-0.4, -0.2) is 44.8 Å². The van der Waals surface area contributed by atoms with Gasteiger partial charge in [0.25, 0.3) is 5.91 Å². The van der Waals surface area contributed by atoms with E-state index in [1.165, 1.54) is 0 Å². The molecule has 0 spiro atoms. The van der Waals surface area contributed by atoms with Crippen LogP contribution in [0.3, 0.4) is 0 Å². The first-order valence-corrected chi connectivity index (χ1v) is 6.28. The van der Waals surface area contributed by atoms with Gasteiger partial charge in [0, 0.05) is 13.1 Å². The van der Waals surface area contributed by atoms with Crippen molar-refractivity contribution in [3.05, 3.63) is 23.0 Å². The van der Waals surface area contributed by atoms with Crippen molar-refractivity contribution in [2.75, 3.05) is 13.1 Å². The topological polar surface area (TPSA) is 66.3 Å². The minimum absolute atomic E-state index is 0.0531. The van der Waals surface area contributed by atoms with Gasteiger partial charge in [0.05, 0.1) is 22.6 Å². The molecule has 1 atom stereocenters. The molecule has 1 aliphatic heterocycles. The first kappa shape index (κ1) is 13.0. The second kappa shape index (κ2) is 4.65. The van der Waals surface area contributed by atoms with Crippen LogP contribution in [0.1, 0.15) is 42.0 Å². The van der Waals surface area contributed by atoms with Gasteiger partial charge in [0.1, 0.15) is 0 Å². The van der Waals surface area contributed by atoms with Gasteiger partial charge < -0.3 is 10.0 Å². The number of β-amino-alcohol motifs (C(OH)–C–C–N with tert-alkyl or cyclic N) is 1. The fourth-order valence-corrected chi connectivity index (χ4v) is 2.25. The summed E-state index contributed by atoms with van der Waals surface area (Å²) in [5, 5.41) is 18.0. The van der Waals surface area contributed by atoms with Gasteiger partial charge in [-0.05, 0) is 32.8 Å². The number of carbonyl (C=O) groups excluding carboxylic acids is 1. The lowest BCUT2D eigenvalue weighted by Crippen LogP contribution is -2.34. The molecule has 1 aliphatic rings. The zero-order valence-corrected chi connectivity index (χ0v) is 11.1. The van der Waals surface area contributed by atoms with Crippen molar-refractivity contribution < 1.29 is 9.90 Å². The first-order valence-electron chi connectivity index (χ1n) is 6.28. The fraction of sp³-hybridized carbons (Fsp3) is 0.615. The summed E-state index contributed by atoms with van der Waals surface area (Å²) in [5.74, 6) is -0.0531. The minimum Gasteiger partial charge on any atom is -0.388 e. The van der Waals surface area contributed by atoms with Gasteiger partial charge >= 0.3 is 0 Å². The van der Waals surface area contributed by atoms with Crippen molar-refractivity contribution in [1.29, 1.82) is 0 Å². The highest BCUT2D eigenvalue weighted by atomic mass is 16.3. The number of hydrogen-bond acceptors (Lipinski definition) is 4. The van der Waals surface area contributed by atoms with E-state index in [9.17, 15) is 9.90 Å². The average molecular weight is 249 g/mol. The lowest BCUT2D eigenvalue weighted by Gasteiger charge is -2.20. The number of hydrogen-bond donors (Lipinski definition) is 1. The molecule has 0 bridgehead atoms. The van der Waals surface area contributed by atoms with Crippen LogP contribution in [0, 0.1) is 6.92 Å². The fourth-order valence-electron chi connectivity index (χ4n) is 2.25. The van der Waals surface area contributed by atoms with Crippen LogP contribution < -0.4 is 0 Å². The molecule has 1 fully saturated rings. The lowest BCUT2D eigenvalue weighted by atomic mass is 10.1. The first-order chi connectivity index (χ1) is 8.43. The van der Waals surface area contributed by atoms with E-state index in [2.05, 4.69) is 10.2 Å². The maximum Gasteiger partial charge on any atom is 0.255 e. The Balaban J connectivity index is 2.26. The average Bonchev–Trinajstić information content (AvgIpc) is 2.68. The van der Waals surface area contributed by atoms with Crippen molar-refractivity contribution in [3.63, 3.8) is 0 Å². The predicted octanol–water partition coefficient (Wildman–Crippen LogP) is 0.944. The summed E-state index contributed by atoms with van der Waals surface area (Å²) < 4.78 is 0. The summed E-state index contributed by atoms with van der Waals surface area (Å²) in [5.41, 5.74) is 1.30. The van der Waals surface area contributed by atoms with E-state index in [1.807, 2.05) is 13.8 Å². The highest BCUT2D eigenvalue weighted by Crippen LogP contribution is 2.23. The third-order valence-corrected chi connectivity index (χ3v) is 3.30. The maximum atomic E-state index is 12.4. The van der Waals surface area contributed by atoms with Crippen LogP contribution in [0.4, 0.5) is 0 Å². The van der Waals surface area contributed by atoms with Gasteiger partial charge in [-0.15, -0.1) is 0 Å². The molecule has 1 saturated heterocycles. The zero-order valence-electron chi connectivity index (χ0n) is 11.1. The Bertz CT molecular complexity index is 471. The third kappa shape index (κ3) is 2.51. The maximum absolute atomic E-state index is 12.4. The van der Waals surface area contributed by atoms with Gasteiger partial charge in [-0.1, -0.05) is 6.92 Å². The highest BCUT2D eigenvalue weighted by Gasteiger charge is 2.35. The highest BCUT2D eigenvalue weighted by molar-refractivity contribution is 5.95. The third-order valence-electron chi connectivity index (χ3n) is 3.30. The van der Waals surface area contributed by atoms with Crippen LogP contribution >= 0.6 is 0 Å². The molecule has 18 heavy (non-hydrogen) atoms. The zero-order chi connectivity index (χ0) is 13.3. The summed E-state index contributed by atoms with van der Waals surface area (Å²) in [6, 6.07) is 1.78. The molecule has 0 aliphatic carbocycles. The van der Waals surface area contributed by atoms with Gasteiger partial charge in [0.2, 0.25) is 0 Å². The van der Waals surface area contributed by atoms with E-state index in [1.54, 1.807) is 17.9 Å². The summed E-state index contributed by atoms with van der Waals surface area (Å²) in [6.45, 7) is 6.52. The Hall–Kier alpha value is -1.49. The number of aromatic nitrogens is 2. The van der Waals surface area contributed by atoms with Gasteiger partial charge in [-0.3, -0.25) is 4.79 Å². The molecule has 5 heteroatoms. The minimum atomic E-state index is -0.766. The molecular formula is C13H19N3O2. The van der Waals surface area contributed by atoms with Crippen molar-refractivity contribution in [1.82, 2.24) is 15.1 Å². The van der Waals surface area contributed by atoms with E-state index < -0.39 is 5.60 Å². The van der Waals surface area contributed by atoms with Crippen molar-refractivity contribution in [2.24, 2.45) is 0 Å². The summed E-state index contributed by atoms with van der Waals surface area (Å²) in [4.78, 5) is 14.1. The molecule has 98 valence electrons. The quantitative estimate of drug-likeness (QED) is 0.847. The number of rotatable bonds is 2. The molecule has 5 nitrogen and oxygen atoms in total. The van der Waals surface area contributed by atoms with E-state index in [0.29, 0.717) is 31.5 Å². The van der Waals surface area contributed by atoms with Crippen LogP contribution in [-0.2, 0) is 6.42 Å². The predicted molar refractivity (Wildman–Crippen MR) is 67.3 cm³/mol. The van der Waals surface area contributed by atoms with E-state index in [-0.39, 0.29) is 5.91 Å².